The van der Waals surface area contributed by atoms with E-state index < -0.39 is 11.9 Å². The number of hydrogen-bond donors (Lipinski definition) is 2. The Morgan fingerprint density at radius 1 is 1.20 bits per heavy atom. The summed E-state index contributed by atoms with van der Waals surface area (Å²) in [7, 11) is 5.22. The molecule has 8 nitrogen and oxygen atoms in total. The third-order valence-electron chi connectivity index (χ3n) is 3.31. The van der Waals surface area contributed by atoms with Crippen LogP contribution < -0.4 is 10.6 Å². The van der Waals surface area contributed by atoms with E-state index in [1.807, 2.05) is 19.0 Å². The molecule has 1 heterocycles. The number of likely N-dealkylation sites (N-methyl/N-ethyl adjacent to an activating group) is 1. The number of methoxy groups -OCH3 is 1. The summed E-state index contributed by atoms with van der Waals surface area (Å²) in [6, 6.07) is 8.13. The molecule has 0 aliphatic heterocycles. The second-order valence-electron chi connectivity index (χ2n) is 5.49. The molecule has 0 fully saturated rings. The van der Waals surface area contributed by atoms with Gasteiger partial charge in [0.05, 0.1) is 18.4 Å². The molecule has 0 aliphatic carbocycles. The molecule has 0 radical (unpaired) electrons. The molecule has 2 aromatic rings. The first kappa shape index (κ1) is 18.3. The molecule has 25 heavy (non-hydrogen) atoms. The van der Waals surface area contributed by atoms with E-state index in [-0.39, 0.29) is 11.3 Å². The predicted molar refractivity (Wildman–Crippen MR) is 94.8 cm³/mol. The van der Waals surface area contributed by atoms with Crippen LogP contribution in [0.2, 0.25) is 0 Å². The lowest BCUT2D eigenvalue weighted by molar-refractivity contribution is 0.0602. The first-order valence-corrected chi connectivity index (χ1v) is 7.71. The average Bonchev–Trinajstić information content (AvgIpc) is 2.61. The summed E-state index contributed by atoms with van der Waals surface area (Å²) in [5.41, 5.74) is 0.832. The standard InChI is InChI=1S/C17H21N5O3/c1-22(2)11-10-19-17-18-9-8-14(21-17)15(23)20-13-7-5-4-6-12(13)16(24)25-3/h4-9H,10-11H2,1-3H3,(H,20,23)(H,18,19,21). The number of amides is 1. The maximum absolute atomic E-state index is 12.4. The fourth-order valence-corrected chi connectivity index (χ4v) is 2.03. The number of benzene rings is 1. The van der Waals surface area contributed by atoms with Crippen LogP contribution in [0.3, 0.4) is 0 Å². The number of para-hydroxylation sites is 1. The van der Waals surface area contributed by atoms with E-state index in [9.17, 15) is 9.59 Å². The monoisotopic (exact) mass is 343 g/mol. The first-order valence-electron chi connectivity index (χ1n) is 7.71. The van der Waals surface area contributed by atoms with E-state index in [0.717, 1.165) is 6.54 Å². The van der Waals surface area contributed by atoms with Gasteiger partial charge in [-0.25, -0.2) is 14.8 Å². The van der Waals surface area contributed by atoms with Crippen molar-refractivity contribution in [2.24, 2.45) is 0 Å². The Balaban J connectivity index is 2.10. The molecule has 1 amide bonds. The third kappa shape index (κ3) is 5.25. The van der Waals surface area contributed by atoms with Crippen LogP contribution in [0.5, 0.6) is 0 Å². The van der Waals surface area contributed by atoms with Gasteiger partial charge in [0.15, 0.2) is 0 Å². The number of esters is 1. The molecule has 0 atom stereocenters. The van der Waals surface area contributed by atoms with Gasteiger partial charge in [-0.3, -0.25) is 4.79 Å². The molecule has 2 rings (SSSR count). The minimum Gasteiger partial charge on any atom is -0.465 e. The van der Waals surface area contributed by atoms with Gasteiger partial charge < -0.3 is 20.3 Å². The van der Waals surface area contributed by atoms with Crippen molar-refractivity contribution < 1.29 is 14.3 Å². The van der Waals surface area contributed by atoms with Gasteiger partial charge in [-0.15, -0.1) is 0 Å². The summed E-state index contributed by atoms with van der Waals surface area (Å²) in [6.07, 6.45) is 1.51. The lowest BCUT2D eigenvalue weighted by Gasteiger charge is -2.11. The van der Waals surface area contributed by atoms with E-state index in [2.05, 4.69) is 20.6 Å². The van der Waals surface area contributed by atoms with Crippen molar-refractivity contribution in [3.05, 3.63) is 47.8 Å². The van der Waals surface area contributed by atoms with Gasteiger partial charge in [-0.1, -0.05) is 12.1 Å². The van der Waals surface area contributed by atoms with E-state index >= 15 is 0 Å². The number of carbonyl (C=O) groups excluding carboxylic acids is 2. The van der Waals surface area contributed by atoms with Crippen LogP contribution in [0.25, 0.3) is 0 Å². The predicted octanol–water partition coefficient (Wildman–Crippen LogP) is 1.49. The molecule has 2 N–H and O–H groups in total. The minimum atomic E-state index is -0.523. The summed E-state index contributed by atoms with van der Waals surface area (Å²) in [5.74, 6) is -0.588. The van der Waals surface area contributed by atoms with Gasteiger partial charge in [0.2, 0.25) is 5.95 Å². The number of aromatic nitrogens is 2. The van der Waals surface area contributed by atoms with Crippen LogP contribution in [0.1, 0.15) is 20.8 Å². The van der Waals surface area contributed by atoms with Crippen molar-refractivity contribution in [3.8, 4) is 0 Å². The molecule has 1 aromatic heterocycles. The maximum atomic E-state index is 12.4. The van der Waals surface area contributed by atoms with Crippen molar-refractivity contribution in [3.63, 3.8) is 0 Å². The van der Waals surface area contributed by atoms with Crippen molar-refractivity contribution in [1.82, 2.24) is 14.9 Å². The van der Waals surface area contributed by atoms with Crippen LogP contribution >= 0.6 is 0 Å². The normalized spacial score (nSPS) is 10.4. The van der Waals surface area contributed by atoms with Gasteiger partial charge in [0, 0.05) is 19.3 Å². The summed E-state index contributed by atoms with van der Waals surface area (Å²) in [5, 5.41) is 5.73. The highest BCUT2D eigenvalue weighted by atomic mass is 16.5. The van der Waals surface area contributed by atoms with Gasteiger partial charge >= 0.3 is 5.97 Å². The van der Waals surface area contributed by atoms with E-state index in [4.69, 9.17) is 4.74 Å². The van der Waals surface area contributed by atoms with Crippen LogP contribution in [0.4, 0.5) is 11.6 Å². The average molecular weight is 343 g/mol. The number of nitrogens with zero attached hydrogens (tertiary/aromatic N) is 3. The summed E-state index contributed by atoms with van der Waals surface area (Å²) in [6.45, 7) is 1.47. The second kappa shape index (κ2) is 8.74. The van der Waals surface area contributed by atoms with Crippen molar-refractivity contribution in [2.45, 2.75) is 0 Å². The Morgan fingerprint density at radius 2 is 1.96 bits per heavy atom. The topological polar surface area (TPSA) is 96.4 Å². The fourth-order valence-electron chi connectivity index (χ4n) is 2.03. The third-order valence-corrected chi connectivity index (χ3v) is 3.31. The quantitative estimate of drug-likeness (QED) is 0.735. The number of ether oxygens (including phenoxy) is 1. The van der Waals surface area contributed by atoms with Gasteiger partial charge in [0.25, 0.3) is 5.91 Å². The first-order chi connectivity index (χ1) is 12.0. The van der Waals surface area contributed by atoms with E-state index in [0.29, 0.717) is 18.2 Å². The zero-order chi connectivity index (χ0) is 18.2. The van der Waals surface area contributed by atoms with E-state index in [1.54, 1.807) is 24.3 Å². The molecule has 132 valence electrons. The SMILES string of the molecule is COC(=O)c1ccccc1NC(=O)c1ccnc(NCCN(C)C)n1. The van der Waals surface area contributed by atoms with Crippen molar-refractivity contribution in [1.29, 1.82) is 0 Å². The van der Waals surface area contributed by atoms with Gasteiger partial charge in [0.1, 0.15) is 5.69 Å². The summed E-state index contributed by atoms with van der Waals surface area (Å²) >= 11 is 0. The Kier molecular flexibility index (Phi) is 6.41. The number of carbonyl (C=O) groups is 2. The zero-order valence-electron chi connectivity index (χ0n) is 14.4. The smallest absolute Gasteiger partial charge is 0.339 e. The number of hydrogen-bond acceptors (Lipinski definition) is 7. The number of nitrogens with one attached hydrogen (secondary N) is 2. The number of rotatable bonds is 7. The molecule has 0 aliphatic rings. The van der Waals surface area contributed by atoms with E-state index in [1.165, 1.54) is 19.4 Å². The summed E-state index contributed by atoms with van der Waals surface area (Å²) < 4.78 is 4.72. The molecular weight excluding hydrogens is 322 g/mol. The zero-order valence-corrected chi connectivity index (χ0v) is 14.4. The Labute approximate surface area is 146 Å². The molecule has 8 heteroatoms. The summed E-state index contributed by atoms with van der Waals surface area (Å²) in [4.78, 5) is 34.5. The van der Waals surface area contributed by atoms with Crippen molar-refractivity contribution >= 4 is 23.5 Å². The van der Waals surface area contributed by atoms with Crippen LogP contribution in [0.15, 0.2) is 36.5 Å². The molecule has 0 bridgehead atoms. The molecular formula is C17H21N5O3. The van der Waals surface area contributed by atoms with Gasteiger partial charge in [-0.05, 0) is 32.3 Å². The number of anilines is 2. The van der Waals surface area contributed by atoms with Gasteiger partial charge in [-0.2, -0.15) is 0 Å². The highest BCUT2D eigenvalue weighted by Crippen LogP contribution is 2.17. The second-order valence-corrected chi connectivity index (χ2v) is 5.49. The maximum Gasteiger partial charge on any atom is 0.339 e. The van der Waals surface area contributed by atoms with Crippen LogP contribution in [-0.4, -0.2) is 61.0 Å². The minimum absolute atomic E-state index is 0.196. The largest absolute Gasteiger partial charge is 0.465 e. The lowest BCUT2D eigenvalue weighted by Crippen LogP contribution is -2.22. The molecule has 0 saturated heterocycles. The van der Waals surface area contributed by atoms with Crippen LogP contribution in [-0.2, 0) is 4.74 Å². The Morgan fingerprint density at radius 3 is 2.68 bits per heavy atom. The molecule has 0 spiro atoms. The molecule has 0 saturated carbocycles. The Bertz CT molecular complexity index is 749. The van der Waals surface area contributed by atoms with Crippen LogP contribution in [0, 0.1) is 0 Å². The Hall–Kier alpha value is -3.00. The van der Waals surface area contributed by atoms with Crippen molar-refractivity contribution in [2.75, 3.05) is 44.9 Å². The fraction of sp³-hybridized carbons (Fsp3) is 0.294. The highest BCUT2D eigenvalue weighted by molar-refractivity contribution is 6.07. The highest BCUT2D eigenvalue weighted by Gasteiger charge is 2.15. The lowest BCUT2D eigenvalue weighted by atomic mass is 10.1. The molecule has 0 unspecified atom stereocenters. The molecule has 1 aromatic carbocycles.